The first kappa shape index (κ1) is 21.7. The van der Waals surface area contributed by atoms with Crippen LogP contribution in [0.25, 0.3) is 16.7 Å². The number of carbonyl (C=O) groups excluding carboxylic acids is 1. The quantitative estimate of drug-likeness (QED) is 0.412. The highest BCUT2D eigenvalue weighted by molar-refractivity contribution is 7.98. The molecule has 2 aromatic heterocycles. The molecule has 1 saturated carbocycles. The number of amides is 1. The molecule has 1 aliphatic carbocycles. The topological polar surface area (TPSA) is 81.3 Å². The first-order valence-electron chi connectivity index (χ1n) is 11.5. The number of hydrogen-bond acceptors (Lipinski definition) is 5. The molecule has 1 amide bonds. The predicted molar refractivity (Wildman–Crippen MR) is 131 cm³/mol. The Labute approximate surface area is 196 Å². The van der Waals surface area contributed by atoms with E-state index in [-0.39, 0.29) is 17.5 Å². The SMILES string of the molecule is CCCn1c(=O)c2ccc(C(=O)NC3CCCC3)cc2n2c(SCc3ccccc3)nnc12. The van der Waals surface area contributed by atoms with Crippen molar-refractivity contribution in [2.75, 3.05) is 0 Å². The van der Waals surface area contributed by atoms with Crippen molar-refractivity contribution in [3.8, 4) is 0 Å². The average Bonchev–Trinajstić information content (AvgIpc) is 3.51. The summed E-state index contributed by atoms with van der Waals surface area (Å²) in [6, 6.07) is 15.7. The maximum atomic E-state index is 13.3. The Kier molecular flexibility index (Phi) is 6.17. The summed E-state index contributed by atoms with van der Waals surface area (Å²) < 4.78 is 3.60. The van der Waals surface area contributed by atoms with Crippen LogP contribution in [-0.4, -0.2) is 31.1 Å². The lowest BCUT2D eigenvalue weighted by Gasteiger charge is -2.14. The lowest BCUT2D eigenvalue weighted by molar-refractivity contribution is 0.0938. The Morgan fingerprint density at radius 3 is 2.67 bits per heavy atom. The Hall–Kier alpha value is -3.13. The van der Waals surface area contributed by atoms with Gasteiger partial charge in [-0.15, -0.1) is 10.2 Å². The molecule has 0 atom stereocenters. The number of nitrogens with zero attached hydrogens (tertiary/aromatic N) is 4. The summed E-state index contributed by atoms with van der Waals surface area (Å²) in [5.41, 5.74) is 2.30. The van der Waals surface area contributed by atoms with E-state index >= 15 is 0 Å². The molecule has 1 N–H and O–H groups in total. The molecule has 0 bridgehead atoms. The molecule has 0 spiro atoms. The lowest BCUT2D eigenvalue weighted by Crippen LogP contribution is -2.32. The summed E-state index contributed by atoms with van der Waals surface area (Å²) in [6.45, 7) is 2.59. The zero-order chi connectivity index (χ0) is 22.8. The zero-order valence-corrected chi connectivity index (χ0v) is 19.5. The van der Waals surface area contributed by atoms with E-state index in [4.69, 9.17) is 0 Å². The number of aryl methyl sites for hydroxylation is 1. The van der Waals surface area contributed by atoms with E-state index in [1.165, 1.54) is 5.56 Å². The highest BCUT2D eigenvalue weighted by Gasteiger charge is 2.21. The van der Waals surface area contributed by atoms with Gasteiger partial charge in [-0.3, -0.25) is 18.6 Å². The van der Waals surface area contributed by atoms with Gasteiger partial charge in [-0.1, -0.05) is 61.9 Å². The Balaban J connectivity index is 1.60. The summed E-state index contributed by atoms with van der Waals surface area (Å²) >= 11 is 1.57. The number of nitrogens with one attached hydrogen (secondary N) is 1. The summed E-state index contributed by atoms with van der Waals surface area (Å²) in [6.07, 6.45) is 5.17. The molecule has 8 heteroatoms. The van der Waals surface area contributed by atoms with Crippen molar-refractivity contribution < 1.29 is 4.79 Å². The monoisotopic (exact) mass is 461 g/mol. The van der Waals surface area contributed by atoms with Crippen LogP contribution in [0.5, 0.6) is 0 Å². The molecule has 170 valence electrons. The van der Waals surface area contributed by atoms with Crippen LogP contribution in [-0.2, 0) is 12.3 Å². The first-order valence-corrected chi connectivity index (χ1v) is 12.5. The molecule has 4 aromatic rings. The lowest BCUT2D eigenvalue weighted by atomic mass is 10.1. The van der Waals surface area contributed by atoms with Gasteiger partial charge in [0.05, 0.1) is 10.9 Å². The highest BCUT2D eigenvalue weighted by atomic mass is 32.2. The third-order valence-electron chi connectivity index (χ3n) is 6.18. The van der Waals surface area contributed by atoms with Gasteiger partial charge in [0, 0.05) is 23.9 Å². The van der Waals surface area contributed by atoms with Crippen LogP contribution >= 0.6 is 11.8 Å². The molecule has 7 nitrogen and oxygen atoms in total. The van der Waals surface area contributed by atoms with Crippen molar-refractivity contribution in [2.45, 2.75) is 62.5 Å². The van der Waals surface area contributed by atoms with Crippen LogP contribution in [0.15, 0.2) is 58.5 Å². The van der Waals surface area contributed by atoms with Gasteiger partial charge in [-0.2, -0.15) is 0 Å². The molecular formula is C25H27N5O2S. The molecule has 0 saturated heterocycles. The van der Waals surface area contributed by atoms with Crippen molar-refractivity contribution in [1.29, 1.82) is 0 Å². The number of thioether (sulfide) groups is 1. The standard InChI is InChI=1S/C25H27N5O2S/c1-2-14-29-23(32)20-13-12-18(22(31)26-19-10-6-7-11-19)15-21(20)30-24(29)27-28-25(30)33-16-17-8-4-3-5-9-17/h3-5,8-9,12-13,15,19H,2,6-7,10-11,14,16H2,1H3,(H,26,31). The molecule has 2 heterocycles. The van der Waals surface area contributed by atoms with Gasteiger partial charge in [0.2, 0.25) is 5.78 Å². The van der Waals surface area contributed by atoms with Crippen molar-refractivity contribution in [2.24, 2.45) is 0 Å². The van der Waals surface area contributed by atoms with Crippen molar-refractivity contribution in [1.82, 2.24) is 24.5 Å². The number of benzene rings is 2. The van der Waals surface area contributed by atoms with E-state index in [0.717, 1.165) is 37.9 Å². The van der Waals surface area contributed by atoms with Crippen LogP contribution in [0.3, 0.4) is 0 Å². The van der Waals surface area contributed by atoms with E-state index in [1.54, 1.807) is 34.5 Å². The van der Waals surface area contributed by atoms with Gasteiger partial charge in [0.1, 0.15) is 0 Å². The average molecular weight is 462 g/mol. The fourth-order valence-corrected chi connectivity index (χ4v) is 5.40. The van der Waals surface area contributed by atoms with Gasteiger partial charge in [0.15, 0.2) is 5.16 Å². The molecule has 0 aliphatic heterocycles. The van der Waals surface area contributed by atoms with Crippen LogP contribution in [0.4, 0.5) is 0 Å². The molecular weight excluding hydrogens is 434 g/mol. The summed E-state index contributed by atoms with van der Waals surface area (Å²) in [5.74, 6) is 1.15. The molecule has 2 aromatic carbocycles. The normalized spacial score (nSPS) is 14.3. The van der Waals surface area contributed by atoms with E-state index in [9.17, 15) is 9.59 Å². The van der Waals surface area contributed by atoms with Gasteiger partial charge in [-0.25, -0.2) is 0 Å². The van der Waals surface area contributed by atoms with Gasteiger partial charge >= 0.3 is 0 Å². The fourth-order valence-electron chi connectivity index (χ4n) is 4.50. The largest absolute Gasteiger partial charge is 0.349 e. The predicted octanol–water partition coefficient (Wildman–Crippen LogP) is 4.42. The maximum Gasteiger partial charge on any atom is 0.262 e. The Morgan fingerprint density at radius 1 is 1.12 bits per heavy atom. The molecule has 5 rings (SSSR count). The number of hydrogen-bond donors (Lipinski definition) is 1. The minimum absolute atomic E-state index is 0.0961. The molecule has 0 unspecified atom stereocenters. The fraction of sp³-hybridized carbons (Fsp3) is 0.360. The van der Waals surface area contributed by atoms with Gasteiger partial charge in [0.25, 0.3) is 11.5 Å². The summed E-state index contributed by atoms with van der Waals surface area (Å²) in [5, 5.41) is 13.2. The second-order valence-corrected chi connectivity index (χ2v) is 9.48. The summed E-state index contributed by atoms with van der Waals surface area (Å²) in [7, 11) is 0. The van der Waals surface area contributed by atoms with Crippen LogP contribution in [0.2, 0.25) is 0 Å². The number of fused-ring (bicyclic) bond motifs is 3. The Bertz CT molecular complexity index is 1360. The summed E-state index contributed by atoms with van der Waals surface area (Å²) in [4.78, 5) is 26.2. The first-order chi connectivity index (χ1) is 16.2. The number of rotatable bonds is 7. The molecule has 1 fully saturated rings. The van der Waals surface area contributed by atoms with Crippen molar-refractivity contribution >= 4 is 34.3 Å². The third-order valence-corrected chi connectivity index (χ3v) is 7.18. The number of aromatic nitrogens is 4. The van der Waals surface area contributed by atoms with E-state index in [2.05, 4.69) is 27.6 Å². The molecule has 0 radical (unpaired) electrons. The Morgan fingerprint density at radius 2 is 1.91 bits per heavy atom. The second kappa shape index (κ2) is 9.39. The van der Waals surface area contributed by atoms with E-state index in [1.807, 2.05) is 29.5 Å². The van der Waals surface area contributed by atoms with Crippen LogP contribution in [0, 0.1) is 0 Å². The third kappa shape index (κ3) is 4.27. The zero-order valence-electron chi connectivity index (χ0n) is 18.7. The number of carbonyl (C=O) groups is 1. The highest BCUT2D eigenvalue weighted by Crippen LogP contribution is 2.26. The van der Waals surface area contributed by atoms with E-state index < -0.39 is 0 Å². The van der Waals surface area contributed by atoms with Gasteiger partial charge < -0.3 is 5.32 Å². The minimum atomic E-state index is -0.103. The second-order valence-electron chi connectivity index (χ2n) is 8.54. The van der Waals surface area contributed by atoms with Crippen molar-refractivity contribution in [3.63, 3.8) is 0 Å². The van der Waals surface area contributed by atoms with Crippen LogP contribution in [0.1, 0.15) is 54.9 Å². The smallest absolute Gasteiger partial charge is 0.262 e. The maximum absolute atomic E-state index is 13.3. The van der Waals surface area contributed by atoms with E-state index in [0.29, 0.717) is 33.9 Å². The van der Waals surface area contributed by atoms with Gasteiger partial charge in [-0.05, 0) is 43.0 Å². The van der Waals surface area contributed by atoms with Crippen LogP contribution < -0.4 is 10.9 Å². The molecule has 1 aliphatic rings. The minimum Gasteiger partial charge on any atom is -0.349 e. The van der Waals surface area contributed by atoms with Crippen molar-refractivity contribution in [3.05, 3.63) is 70.0 Å². The molecule has 33 heavy (non-hydrogen) atoms.